The van der Waals surface area contributed by atoms with Crippen LogP contribution in [0.15, 0.2) is 4.79 Å². The molecule has 0 amide bonds. The maximum absolute atomic E-state index is 11.4. The molecule has 1 aromatic heterocycles. The highest BCUT2D eigenvalue weighted by atomic mass is 16.3. The average molecular weight is 169 g/mol. The highest BCUT2D eigenvalue weighted by Crippen LogP contribution is 2.06. The Bertz CT molecular complexity index is 339. The first-order valence-corrected chi connectivity index (χ1v) is 3.95. The Kier molecular flexibility index (Phi) is 1.74. The quantitative estimate of drug-likeness (QED) is 0.519. The maximum Gasteiger partial charge on any atom is 0.271 e. The van der Waals surface area contributed by atoms with Crippen molar-refractivity contribution in [3.63, 3.8) is 0 Å². The van der Waals surface area contributed by atoms with E-state index in [0.717, 1.165) is 17.8 Å². The van der Waals surface area contributed by atoms with E-state index in [0.29, 0.717) is 13.1 Å². The highest BCUT2D eigenvalue weighted by Gasteiger charge is 2.17. The van der Waals surface area contributed by atoms with E-state index in [1.807, 2.05) is 0 Å². The SMILES string of the molecule is O=c1c2c([nH]n1CCO)CNC2. The molecule has 0 radical (unpaired) electrons. The summed E-state index contributed by atoms with van der Waals surface area (Å²) in [5.41, 5.74) is 1.75. The number of H-pyrrole nitrogens is 1. The van der Waals surface area contributed by atoms with Crippen molar-refractivity contribution in [3.05, 3.63) is 21.6 Å². The van der Waals surface area contributed by atoms with Crippen molar-refractivity contribution in [3.8, 4) is 0 Å². The van der Waals surface area contributed by atoms with Crippen LogP contribution in [0.4, 0.5) is 0 Å². The van der Waals surface area contributed by atoms with Crippen LogP contribution in [0.5, 0.6) is 0 Å². The highest BCUT2D eigenvalue weighted by molar-refractivity contribution is 5.20. The minimum absolute atomic E-state index is 0.00721. The molecular formula is C7H11N3O2. The second-order valence-corrected chi connectivity index (χ2v) is 2.85. The fraction of sp³-hybridized carbons (Fsp3) is 0.571. The topological polar surface area (TPSA) is 70.0 Å². The molecule has 12 heavy (non-hydrogen) atoms. The third-order valence-corrected chi connectivity index (χ3v) is 2.06. The summed E-state index contributed by atoms with van der Waals surface area (Å²) in [6.07, 6.45) is 0. The zero-order valence-electron chi connectivity index (χ0n) is 6.63. The summed E-state index contributed by atoms with van der Waals surface area (Å²) in [5.74, 6) is 0. The van der Waals surface area contributed by atoms with E-state index in [2.05, 4.69) is 10.4 Å². The minimum Gasteiger partial charge on any atom is -0.394 e. The molecule has 66 valence electrons. The van der Waals surface area contributed by atoms with Gasteiger partial charge in [0, 0.05) is 13.1 Å². The van der Waals surface area contributed by atoms with E-state index >= 15 is 0 Å². The van der Waals surface area contributed by atoms with Crippen molar-refractivity contribution in [2.24, 2.45) is 0 Å². The second-order valence-electron chi connectivity index (χ2n) is 2.85. The van der Waals surface area contributed by atoms with Crippen molar-refractivity contribution in [1.82, 2.24) is 15.1 Å². The van der Waals surface area contributed by atoms with Gasteiger partial charge in [-0.1, -0.05) is 0 Å². The molecule has 5 heteroatoms. The maximum atomic E-state index is 11.4. The summed E-state index contributed by atoms with van der Waals surface area (Å²) < 4.78 is 1.45. The standard InChI is InChI=1S/C7H11N3O2/c11-2-1-10-7(12)5-3-8-4-6(5)9-10/h8-9,11H,1-4H2. The van der Waals surface area contributed by atoms with E-state index in [1.165, 1.54) is 4.68 Å². The summed E-state index contributed by atoms with van der Waals surface area (Å²) in [6, 6.07) is 0. The van der Waals surface area contributed by atoms with Crippen LogP contribution >= 0.6 is 0 Å². The predicted octanol–water partition coefficient (Wildman–Crippen LogP) is -1.23. The lowest BCUT2D eigenvalue weighted by atomic mass is 10.3. The van der Waals surface area contributed by atoms with E-state index < -0.39 is 0 Å². The third kappa shape index (κ3) is 0.981. The largest absolute Gasteiger partial charge is 0.394 e. The van der Waals surface area contributed by atoms with Gasteiger partial charge < -0.3 is 10.4 Å². The summed E-state index contributed by atoms with van der Waals surface area (Å²) in [5, 5.41) is 14.7. The molecule has 1 aliphatic rings. The van der Waals surface area contributed by atoms with Gasteiger partial charge in [-0.2, -0.15) is 0 Å². The van der Waals surface area contributed by atoms with E-state index in [4.69, 9.17) is 5.11 Å². The second kappa shape index (κ2) is 2.76. The third-order valence-electron chi connectivity index (χ3n) is 2.06. The Hall–Kier alpha value is -1.07. The van der Waals surface area contributed by atoms with Crippen LogP contribution in [0.1, 0.15) is 11.3 Å². The predicted molar refractivity (Wildman–Crippen MR) is 42.7 cm³/mol. The lowest BCUT2D eigenvalue weighted by Gasteiger charge is -1.97. The number of hydrogen-bond donors (Lipinski definition) is 3. The Balaban J connectivity index is 2.41. The van der Waals surface area contributed by atoms with Crippen LogP contribution in [0.3, 0.4) is 0 Å². The number of aliphatic hydroxyl groups is 1. The van der Waals surface area contributed by atoms with Crippen molar-refractivity contribution >= 4 is 0 Å². The Morgan fingerprint density at radius 3 is 3.00 bits per heavy atom. The fourth-order valence-corrected chi connectivity index (χ4v) is 1.47. The van der Waals surface area contributed by atoms with Crippen LogP contribution in [0, 0.1) is 0 Å². The molecule has 1 aliphatic heterocycles. The summed E-state index contributed by atoms with van der Waals surface area (Å²) in [7, 11) is 0. The molecule has 0 aromatic carbocycles. The molecule has 0 unspecified atom stereocenters. The molecule has 0 fully saturated rings. The van der Waals surface area contributed by atoms with Crippen molar-refractivity contribution < 1.29 is 5.11 Å². The molecule has 3 N–H and O–H groups in total. The summed E-state index contributed by atoms with van der Waals surface area (Å²) in [4.78, 5) is 11.4. The fourth-order valence-electron chi connectivity index (χ4n) is 1.47. The monoisotopic (exact) mass is 169 g/mol. The zero-order chi connectivity index (χ0) is 8.55. The van der Waals surface area contributed by atoms with Gasteiger partial charge in [0.15, 0.2) is 0 Å². The van der Waals surface area contributed by atoms with Crippen molar-refractivity contribution in [2.45, 2.75) is 19.6 Å². The molecule has 0 atom stereocenters. The van der Waals surface area contributed by atoms with Crippen LogP contribution in [0.25, 0.3) is 0 Å². The van der Waals surface area contributed by atoms with Crippen molar-refractivity contribution in [2.75, 3.05) is 6.61 Å². The number of aromatic amines is 1. The van der Waals surface area contributed by atoms with Crippen LogP contribution in [-0.2, 0) is 19.6 Å². The molecule has 2 heterocycles. The average Bonchev–Trinajstić information content (AvgIpc) is 2.58. The lowest BCUT2D eigenvalue weighted by molar-refractivity contribution is 0.267. The number of nitrogens with zero attached hydrogens (tertiary/aromatic N) is 1. The van der Waals surface area contributed by atoms with Crippen LogP contribution in [-0.4, -0.2) is 21.5 Å². The van der Waals surface area contributed by atoms with Gasteiger partial charge in [0.05, 0.1) is 24.4 Å². The number of aromatic nitrogens is 2. The van der Waals surface area contributed by atoms with Crippen LogP contribution in [0.2, 0.25) is 0 Å². The van der Waals surface area contributed by atoms with Crippen LogP contribution < -0.4 is 10.9 Å². The van der Waals surface area contributed by atoms with Gasteiger partial charge in [-0.25, -0.2) is 0 Å². The number of nitrogens with one attached hydrogen (secondary N) is 2. The van der Waals surface area contributed by atoms with Gasteiger partial charge in [-0.05, 0) is 0 Å². The van der Waals surface area contributed by atoms with Gasteiger partial charge in [-0.15, -0.1) is 0 Å². The first kappa shape index (κ1) is 7.57. The molecule has 1 aromatic rings. The van der Waals surface area contributed by atoms with E-state index in [-0.39, 0.29) is 12.2 Å². The zero-order valence-corrected chi connectivity index (χ0v) is 6.63. The first-order chi connectivity index (χ1) is 5.83. The minimum atomic E-state index is -0.0101. The Morgan fingerprint density at radius 1 is 1.50 bits per heavy atom. The molecule has 0 saturated heterocycles. The lowest BCUT2D eigenvalue weighted by Crippen LogP contribution is -2.22. The number of fused-ring (bicyclic) bond motifs is 1. The molecule has 0 spiro atoms. The molecular weight excluding hydrogens is 158 g/mol. The summed E-state index contributed by atoms with van der Waals surface area (Å²) >= 11 is 0. The van der Waals surface area contributed by atoms with Gasteiger partial charge in [0.25, 0.3) is 5.56 Å². The normalized spacial score (nSPS) is 15.1. The Labute approximate surface area is 69.0 Å². The molecule has 5 nitrogen and oxygen atoms in total. The van der Waals surface area contributed by atoms with Crippen molar-refractivity contribution in [1.29, 1.82) is 0 Å². The number of rotatable bonds is 2. The molecule has 0 saturated carbocycles. The van der Waals surface area contributed by atoms with E-state index in [1.54, 1.807) is 0 Å². The summed E-state index contributed by atoms with van der Waals surface area (Å²) in [6.45, 7) is 1.71. The van der Waals surface area contributed by atoms with Gasteiger partial charge in [-0.3, -0.25) is 14.6 Å². The molecule has 0 bridgehead atoms. The number of aliphatic hydroxyl groups excluding tert-OH is 1. The Morgan fingerprint density at radius 2 is 2.33 bits per heavy atom. The van der Waals surface area contributed by atoms with Gasteiger partial charge in [0.2, 0.25) is 0 Å². The van der Waals surface area contributed by atoms with Gasteiger partial charge >= 0.3 is 0 Å². The van der Waals surface area contributed by atoms with E-state index in [9.17, 15) is 4.79 Å². The first-order valence-electron chi connectivity index (χ1n) is 3.95. The number of hydrogen-bond acceptors (Lipinski definition) is 3. The molecule has 2 rings (SSSR count). The van der Waals surface area contributed by atoms with Gasteiger partial charge in [0.1, 0.15) is 0 Å². The smallest absolute Gasteiger partial charge is 0.271 e. The molecule has 0 aliphatic carbocycles.